The zero-order valence-electron chi connectivity index (χ0n) is 19.1. The molecule has 1 aliphatic heterocycles. The van der Waals surface area contributed by atoms with Gasteiger partial charge in [0.15, 0.2) is 0 Å². The fourth-order valence-electron chi connectivity index (χ4n) is 4.39. The van der Waals surface area contributed by atoms with Gasteiger partial charge in [-0.2, -0.15) is 0 Å². The number of aryl methyl sites for hydroxylation is 2. The van der Waals surface area contributed by atoms with Crippen LogP contribution >= 0.6 is 0 Å². The molecule has 1 amide bonds. The van der Waals surface area contributed by atoms with Crippen molar-refractivity contribution in [3.8, 4) is 0 Å². The van der Waals surface area contributed by atoms with Crippen LogP contribution in [0.5, 0.6) is 0 Å². The van der Waals surface area contributed by atoms with Crippen molar-refractivity contribution in [3.05, 3.63) is 59.0 Å². The standard InChI is InChI=1S/C25H30FN5O/c1-15-11-19(27)13-21(25(15)26)17(3)29-24-12-16(2)28-23-6-5-20(14-22(23)24)31-9-7-30(8-10-31)18(4)32/h5-6,11-14,17H,7-10,27H2,1-4H3,(H,28,29)/t17-/m1/s1. The highest BCUT2D eigenvalue weighted by Crippen LogP contribution is 2.32. The predicted octanol–water partition coefficient (Wildman–Crippen LogP) is 4.41. The maximum atomic E-state index is 14.8. The van der Waals surface area contributed by atoms with E-state index in [4.69, 9.17) is 5.73 Å². The summed E-state index contributed by atoms with van der Waals surface area (Å²) in [5, 5.41) is 4.46. The van der Waals surface area contributed by atoms with E-state index in [9.17, 15) is 9.18 Å². The van der Waals surface area contributed by atoms with Gasteiger partial charge in [-0.15, -0.1) is 0 Å². The lowest BCUT2D eigenvalue weighted by Crippen LogP contribution is -2.48. The van der Waals surface area contributed by atoms with Gasteiger partial charge in [-0.25, -0.2) is 4.39 Å². The molecular formula is C25H30FN5O. The molecule has 32 heavy (non-hydrogen) atoms. The summed E-state index contributed by atoms with van der Waals surface area (Å²) in [6, 6.07) is 11.3. The molecule has 0 saturated carbocycles. The van der Waals surface area contributed by atoms with Gasteiger partial charge in [-0.3, -0.25) is 9.78 Å². The van der Waals surface area contributed by atoms with Gasteiger partial charge in [0.25, 0.3) is 0 Å². The van der Waals surface area contributed by atoms with Gasteiger partial charge in [0.2, 0.25) is 5.91 Å². The number of hydrogen-bond donors (Lipinski definition) is 2. The summed E-state index contributed by atoms with van der Waals surface area (Å²) in [6.07, 6.45) is 0. The molecule has 1 fully saturated rings. The Kier molecular flexibility index (Phi) is 5.91. The van der Waals surface area contributed by atoms with E-state index in [0.717, 1.165) is 54.2 Å². The number of nitrogens with zero attached hydrogens (tertiary/aromatic N) is 3. The summed E-state index contributed by atoms with van der Waals surface area (Å²) >= 11 is 0. The number of nitrogens with two attached hydrogens (primary N) is 1. The van der Waals surface area contributed by atoms with Gasteiger partial charge < -0.3 is 20.9 Å². The Bertz CT molecular complexity index is 1170. The molecule has 0 spiro atoms. The molecule has 1 saturated heterocycles. The fraction of sp³-hybridized carbons (Fsp3) is 0.360. The number of nitrogen functional groups attached to an aromatic ring is 1. The van der Waals surface area contributed by atoms with Gasteiger partial charge in [0.05, 0.1) is 11.6 Å². The molecule has 6 nitrogen and oxygen atoms in total. The van der Waals surface area contributed by atoms with Gasteiger partial charge in [-0.1, -0.05) is 0 Å². The van der Waals surface area contributed by atoms with E-state index < -0.39 is 0 Å². The number of amides is 1. The molecular weight excluding hydrogens is 405 g/mol. The molecule has 7 heteroatoms. The van der Waals surface area contributed by atoms with E-state index in [1.165, 1.54) is 0 Å². The third-order valence-electron chi connectivity index (χ3n) is 6.15. The second-order valence-electron chi connectivity index (χ2n) is 8.61. The van der Waals surface area contributed by atoms with Crippen LogP contribution in [-0.4, -0.2) is 42.0 Å². The maximum Gasteiger partial charge on any atom is 0.219 e. The molecule has 0 bridgehead atoms. The monoisotopic (exact) mass is 435 g/mol. The number of fused-ring (bicyclic) bond motifs is 1. The molecule has 3 aromatic rings. The number of aromatic nitrogens is 1. The number of hydrogen-bond acceptors (Lipinski definition) is 5. The van der Waals surface area contributed by atoms with Crippen molar-refractivity contribution >= 4 is 33.9 Å². The molecule has 3 N–H and O–H groups in total. The minimum absolute atomic E-state index is 0.118. The van der Waals surface area contributed by atoms with E-state index in [-0.39, 0.29) is 17.8 Å². The molecule has 0 radical (unpaired) electrons. The smallest absolute Gasteiger partial charge is 0.219 e. The number of halogens is 1. The van der Waals surface area contributed by atoms with Crippen molar-refractivity contribution in [2.75, 3.05) is 42.1 Å². The Hall–Kier alpha value is -3.35. The fourth-order valence-corrected chi connectivity index (χ4v) is 4.39. The highest BCUT2D eigenvalue weighted by molar-refractivity contribution is 5.94. The van der Waals surface area contributed by atoms with E-state index >= 15 is 0 Å². The van der Waals surface area contributed by atoms with Gasteiger partial charge in [0.1, 0.15) is 5.82 Å². The van der Waals surface area contributed by atoms with E-state index in [2.05, 4.69) is 27.3 Å². The summed E-state index contributed by atoms with van der Waals surface area (Å²) in [7, 11) is 0. The Morgan fingerprint density at radius 1 is 1.12 bits per heavy atom. The molecule has 2 aromatic carbocycles. The lowest BCUT2D eigenvalue weighted by molar-refractivity contribution is -0.129. The number of pyridine rings is 1. The first-order chi connectivity index (χ1) is 15.2. The molecule has 168 valence electrons. The lowest BCUT2D eigenvalue weighted by Gasteiger charge is -2.35. The van der Waals surface area contributed by atoms with Crippen molar-refractivity contribution < 1.29 is 9.18 Å². The van der Waals surface area contributed by atoms with Crippen LogP contribution in [0.15, 0.2) is 36.4 Å². The van der Waals surface area contributed by atoms with Crippen LogP contribution in [0.2, 0.25) is 0 Å². The van der Waals surface area contributed by atoms with Crippen LogP contribution < -0.4 is 16.0 Å². The first-order valence-electron chi connectivity index (χ1n) is 11.0. The third kappa shape index (κ3) is 4.33. The van der Waals surface area contributed by atoms with Crippen LogP contribution in [-0.2, 0) is 4.79 Å². The van der Waals surface area contributed by atoms with Crippen molar-refractivity contribution in [1.82, 2.24) is 9.88 Å². The Morgan fingerprint density at radius 2 is 1.84 bits per heavy atom. The summed E-state index contributed by atoms with van der Waals surface area (Å²) in [4.78, 5) is 20.5. The van der Waals surface area contributed by atoms with Crippen LogP contribution in [0.4, 0.5) is 21.5 Å². The topological polar surface area (TPSA) is 74.5 Å². The van der Waals surface area contributed by atoms with Crippen LogP contribution in [0.3, 0.4) is 0 Å². The summed E-state index contributed by atoms with van der Waals surface area (Å²) in [5.41, 5.74) is 11.4. The Morgan fingerprint density at radius 3 is 2.53 bits per heavy atom. The number of piperazine rings is 1. The predicted molar refractivity (Wildman–Crippen MR) is 129 cm³/mol. The quantitative estimate of drug-likeness (QED) is 0.594. The van der Waals surface area contributed by atoms with Gasteiger partial charge in [0, 0.05) is 66.8 Å². The summed E-state index contributed by atoms with van der Waals surface area (Å²) in [6.45, 7) is 10.2. The van der Waals surface area contributed by atoms with Crippen molar-refractivity contribution in [2.45, 2.75) is 33.7 Å². The van der Waals surface area contributed by atoms with E-state index in [1.54, 1.807) is 26.0 Å². The SMILES string of the molecule is CC(=O)N1CCN(c2ccc3nc(C)cc(N[C@H](C)c4cc(N)cc(C)c4F)c3c2)CC1. The highest BCUT2D eigenvalue weighted by atomic mass is 19.1. The first kappa shape index (κ1) is 21.9. The van der Waals surface area contributed by atoms with Gasteiger partial charge in [-0.05, 0) is 62.7 Å². The lowest BCUT2D eigenvalue weighted by atomic mass is 10.0. The third-order valence-corrected chi connectivity index (χ3v) is 6.15. The van der Waals surface area contributed by atoms with Crippen molar-refractivity contribution in [1.29, 1.82) is 0 Å². The summed E-state index contributed by atoms with van der Waals surface area (Å²) in [5.74, 6) is -0.120. The number of carbonyl (C=O) groups is 1. The zero-order chi connectivity index (χ0) is 23.0. The second kappa shape index (κ2) is 8.65. The van der Waals surface area contributed by atoms with Gasteiger partial charge >= 0.3 is 0 Å². The molecule has 0 aliphatic carbocycles. The molecule has 2 heterocycles. The minimum atomic E-state index is -0.273. The second-order valence-corrected chi connectivity index (χ2v) is 8.61. The molecule has 4 rings (SSSR count). The number of rotatable bonds is 4. The number of benzene rings is 2. The number of anilines is 3. The summed E-state index contributed by atoms with van der Waals surface area (Å²) < 4.78 is 14.8. The Balaban J connectivity index is 1.66. The minimum Gasteiger partial charge on any atom is -0.399 e. The van der Waals surface area contributed by atoms with Crippen molar-refractivity contribution in [2.24, 2.45) is 0 Å². The Labute approximate surface area is 188 Å². The zero-order valence-corrected chi connectivity index (χ0v) is 19.1. The molecule has 1 atom stereocenters. The van der Waals surface area contributed by atoms with Crippen LogP contribution in [0.25, 0.3) is 10.9 Å². The van der Waals surface area contributed by atoms with Crippen molar-refractivity contribution in [3.63, 3.8) is 0 Å². The normalized spacial score (nSPS) is 15.2. The maximum absolute atomic E-state index is 14.8. The molecule has 1 aliphatic rings. The average molecular weight is 436 g/mol. The number of nitrogens with one attached hydrogen (secondary N) is 1. The van der Waals surface area contributed by atoms with Crippen LogP contribution in [0, 0.1) is 19.7 Å². The van der Waals surface area contributed by atoms with E-state index in [1.807, 2.05) is 30.9 Å². The first-order valence-corrected chi connectivity index (χ1v) is 11.0. The van der Waals surface area contributed by atoms with E-state index in [0.29, 0.717) is 16.8 Å². The molecule has 1 aromatic heterocycles. The van der Waals surface area contributed by atoms with Crippen LogP contribution in [0.1, 0.15) is 36.7 Å². The largest absolute Gasteiger partial charge is 0.399 e. The molecule has 0 unspecified atom stereocenters. The number of carbonyl (C=O) groups excluding carboxylic acids is 1. The average Bonchev–Trinajstić information content (AvgIpc) is 2.76. The highest BCUT2D eigenvalue weighted by Gasteiger charge is 2.20.